The number of esters is 3. The van der Waals surface area contributed by atoms with E-state index in [1.807, 2.05) is 0 Å². The van der Waals surface area contributed by atoms with E-state index in [-0.39, 0.29) is 57.7 Å². The van der Waals surface area contributed by atoms with Gasteiger partial charge in [0.2, 0.25) is 0 Å². The number of carbonyl (C=O) groups is 3. The molecule has 0 aliphatic heterocycles. The molecule has 12 nitrogen and oxygen atoms in total. The predicted octanol–water partition coefficient (Wildman–Crippen LogP) is 0.586. The Labute approximate surface area is 178 Å². The molecule has 0 aromatic carbocycles. The van der Waals surface area contributed by atoms with Gasteiger partial charge in [0.25, 0.3) is 0 Å². The fraction of sp³-hybridized carbons (Fsp3) is 0.368. The Morgan fingerprint density at radius 2 is 0.935 bits per heavy atom. The quantitative estimate of drug-likeness (QED) is 0.154. The second-order valence-corrected chi connectivity index (χ2v) is 5.20. The lowest BCUT2D eigenvalue weighted by atomic mass is 10.5. The molecule has 0 aliphatic carbocycles. The molecule has 0 unspecified atom stereocenters. The van der Waals surface area contributed by atoms with Crippen LogP contribution in [0.4, 0.5) is 0 Å². The maximum Gasteiger partial charge on any atom is 0.330 e. The van der Waals surface area contributed by atoms with Gasteiger partial charge in [0.05, 0.1) is 13.2 Å². The molecule has 0 bridgehead atoms. The third-order valence-electron chi connectivity index (χ3n) is 2.96. The lowest BCUT2D eigenvalue weighted by Crippen LogP contribution is -2.15. The van der Waals surface area contributed by atoms with Crippen molar-refractivity contribution in [2.24, 2.45) is 0 Å². The van der Waals surface area contributed by atoms with Gasteiger partial charge in [0, 0.05) is 24.6 Å². The molecular formula is C19H23N3O9. The summed E-state index contributed by atoms with van der Waals surface area (Å²) in [5.41, 5.74) is 0. The van der Waals surface area contributed by atoms with Crippen LogP contribution in [-0.2, 0) is 28.6 Å². The summed E-state index contributed by atoms with van der Waals surface area (Å²) < 4.78 is 30.4. The largest absolute Gasteiger partial charge is 0.463 e. The van der Waals surface area contributed by atoms with Crippen LogP contribution >= 0.6 is 0 Å². The van der Waals surface area contributed by atoms with E-state index in [1.54, 1.807) is 0 Å². The Morgan fingerprint density at radius 3 is 1.32 bits per heavy atom. The molecular weight excluding hydrogens is 414 g/mol. The zero-order chi connectivity index (χ0) is 22.9. The van der Waals surface area contributed by atoms with Crippen molar-refractivity contribution in [2.75, 3.05) is 39.6 Å². The van der Waals surface area contributed by atoms with Crippen molar-refractivity contribution in [2.45, 2.75) is 6.42 Å². The second-order valence-electron chi connectivity index (χ2n) is 5.20. The Balaban J connectivity index is 2.62. The number of aromatic nitrogens is 3. The summed E-state index contributed by atoms with van der Waals surface area (Å²) in [4.78, 5) is 44.9. The van der Waals surface area contributed by atoms with Gasteiger partial charge in [0.15, 0.2) is 0 Å². The normalized spacial score (nSPS) is 9.68. The van der Waals surface area contributed by atoms with E-state index in [1.165, 1.54) is 0 Å². The fourth-order valence-electron chi connectivity index (χ4n) is 1.64. The van der Waals surface area contributed by atoms with Gasteiger partial charge in [-0.25, -0.2) is 14.4 Å². The predicted molar refractivity (Wildman–Crippen MR) is 104 cm³/mol. The lowest BCUT2D eigenvalue weighted by Gasteiger charge is -2.10. The van der Waals surface area contributed by atoms with Gasteiger partial charge in [0.1, 0.15) is 26.4 Å². The highest BCUT2D eigenvalue weighted by molar-refractivity contribution is 5.81. The number of hydrogen-bond acceptors (Lipinski definition) is 12. The SMILES string of the molecule is C=CC(=O)OCCCOc1nc(OCCOC(=O)C=C)nc(OCCOC(=O)C=C)n1. The molecule has 0 spiro atoms. The molecule has 0 amide bonds. The Hall–Kier alpha value is -3.96. The molecule has 0 fully saturated rings. The highest BCUT2D eigenvalue weighted by Gasteiger charge is 2.11. The Morgan fingerprint density at radius 1 is 0.581 bits per heavy atom. The molecule has 0 N–H and O–H groups in total. The standard InChI is InChI=1S/C19H23N3O9/c1-4-14(23)26-8-7-9-29-17-20-18(30-12-10-27-15(24)5-2)22-19(21-17)31-13-11-28-16(25)6-3/h4-6H,1-3,7-13H2. The molecule has 1 rings (SSSR count). The number of carbonyl (C=O) groups excluding carboxylic acids is 3. The van der Waals surface area contributed by atoms with E-state index < -0.39 is 17.9 Å². The summed E-state index contributed by atoms with van der Waals surface area (Å²) in [6.07, 6.45) is 3.46. The van der Waals surface area contributed by atoms with Crippen molar-refractivity contribution in [3.63, 3.8) is 0 Å². The Kier molecular flexibility index (Phi) is 12.1. The van der Waals surface area contributed by atoms with E-state index >= 15 is 0 Å². The number of rotatable bonds is 16. The minimum atomic E-state index is -0.599. The van der Waals surface area contributed by atoms with E-state index in [0.717, 1.165) is 18.2 Å². The van der Waals surface area contributed by atoms with Crippen LogP contribution in [0.25, 0.3) is 0 Å². The van der Waals surface area contributed by atoms with Crippen molar-refractivity contribution in [1.29, 1.82) is 0 Å². The summed E-state index contributed by atoms with van der Waals surface area (Å²) in [7, 11) is 0. The van der Waals surface area contributed by atoms with Gasteiger partial charge in [-0.15, -0.1) is 15.0 Å². The topological polar surface area (TPSA) is 145 Å². The van der Waals surface area contributed by atoms with Gasteiger partial charge < -0.3 is 28.4 Å². The molecule has 12 heteroatoms. The molecule has 0 saturated heterocycles. The van der Waals surface area contributed by atoms with Crippen LogP contribution in [0.3, 0.4) is 0 Å². The van der Waals surface area contributed by atoms with Gasteiger partial charge in [-0.2, -0.15) is 0 Å². The molecule has 31 heavy (non-hydrogen) atoms. The number of nitrogens with zero attached hydrogens (tertiary/aromatic N) is 3. The molecule has 0 aliphatic rings. The van der Waals surface area contributed by atoms with Crippen molar-refractivity contribution >= 4 is 17.9 Å². The third kappa shape index (κ3) is 11.6. The number of hydrogen-bond donors (Lipinski definition) is 0. The molecule has 168 valence electrons. The first kappa shape index (κ1) is 25.1. The van der Waals surface area contributed by atoms with Crippen LogP contribution in [0.15, 0.2) is 38.0 Å². The monoisotopic (exact) mass is 437 g/mol. The first-order chi connectivity index (χ1) is 15.0. The smallest absolute Gasteiger partial charge is 0.330 e. The maximum absolute atomic E-state index is 11.0. The van der Waals surface area contributed by atoms with Crippen LogP contribution in [0.2, 0.25) is 0 Å². The highest BCUT2D eigenvalue weighted by atomic mass is 16.6. The van der Waals surface area contributed by atoms with Crippen molar-refractivity contribution in [1.82, 2.24) is 15.0 Å². The maximum atomic E-state index is 11.0. The molecule has 0 saturated carbocycles. The Bertz CT molecular complexity index is 737. The van der Waals surface area contributed by atoms with Gasteiger partial charge >= 0.3 is 35.9 Å². The van der Waals surface area contributed by atoms with E-state index in [0.29, 0.717) is 6.42 Å². The van der Waals surface area contributed by atoms with Crippen LogP contribution in [0.5, 0.6) is 18.0 Å². The van der Waals surface area contributed by atoms with Crippen LogP contribution in [0.1, 0.15) is 6.42 Å². The minimum Gasteiger partial charge on any atom is -0.463 e. The van der Waals surface area contributed by atoms with Gasteiger partial charge in [-0.1, -0.05) is 19.7 Å². The molecule has 1 heterocycles. The van der Waals surface area contributed by atoms with E-state index in [4.69, 9.17) is 28.4 Å². The molecule has 0 radical (unpaired) electrons. The van der Waals surface area contributed by atoms with Gasteiger partial charge in [-0.05, 0) is 0 Å². The lowest BCUT2D eigenvalue weighted by molar-refractivity contribution is -0.139. The summed E-state index contributed by atoms with van der Waals surface area (Å²) in [5, 5.41) is 0. The minimum absolute atomic E-state index is 0.0447. The summed E-state index contributed by atoms with van der Waals surface area (Å²) in [5.74, 6) is -1.74. The zero-order valence-electron chi connectivity index (χ0n) is 16.8. The van der Waals surface area contributed by atoms with Crippen LogP contribution in [-0.4, -0.2) is 72.5 Å². The summed E-state index contributed by atoms with van der Waals surface area (Å²) in [6.45, 7) is 9.88. The summed E-state index contributed by atoms with van der Waals surface area (Å²) >= 11 is 0. The number of ether oxygens (including phenoxy) is 6. The van der Waals surface area contributed by atoms with Gasteiger partial charge in [-0.3, -0.25) is 0 Å². The van der Waals surface area contributed by atoms with Crippen molar-refractivity contribution in [3.05, 3.63) is 38.0 Å². The highest BCUT2D eigenvalue weighted by Crippen LogP contribution is 2.15. The summed E-state index contributed by atoms with van der Waals surface area (Å²) in [6, 6.07) is -0.395. The molecule has 1 aromatic heterocycles. The van der Waals surface area contributed by atoms with E-state index in [9.17, 15) is 14.4 Å². The second kappa shape index (κ2) is 15.0. The fourth-order valence-corrected chi connectivity index (χ4v) is 1.64. The molecule has 1 aromatic rings. The van der Waals surface area contributed by atoms with E-state index in [2.05, 4.69) is 34.7 Å². The van der Waals surface area contributed by atoms with Crippen LogP contribution < -0.4 is 14.2 Å². The zero-order valence-corrected chi connectivity index (χ0v) is 16.8. The van der Waals surface area contributed by atoms with Crippen molar-refractivity contribution in [3.8, 4) is 18.0 Å². The third-order valence-corrected chi connectivity index (χ3v) is 2.96. The molecule has 0 atom stereocenters. The first-order valence-electron chi connectivity index (χ1n) is 9.00. The first-order valence-corrected chi connectivity index (χ1v) is 9.00. The van der Waals surface area contributed by atoms with Crippen LogP contribution in [0, 0.1) is 0 Å². The van der Waals surface area contributed by atoms with Crippen molar-refractivity contribution < 1.29 is 42.8 Å². The average Bonchev–Trinajstić information content (AvgIpc) is 2.78. The average molecular weight is 437 g/mol.